The summed E-state index contributed by atoms with van der Waals surface area (Å²) in [7, 11) is 1.90. The Bertz CT molecular complexity index is 756. The molecule has 1 fully saturated rings. The first-order valence-corrected chi connectivity index (χ1v) is 8.58. The smallest absolute Gasteiger partial charge is 0.227 e. The van der Waals surface area contributed by atoms with Crippen LogP contribution in [0.1, 0.15) is 11.1 Å². The van der Waals surface area contributed by atoms with Crippen LogP contribution in [0.15, 0.2) is 30.6 Å². The van der Waals surface area contributed by atoms with Gasteiger partial charge in [0.15, 0.2) is 4.77 Å². The lowest BCUT2D eigenvalue weighted by Crippen LogP contribution is -2.49. The second kappa shape index (κ2) is 7.27. The van der Waals surface area contributed by atoms with Crippen LogP contribution in [0.3, 0.4) is 0 Å². The molecule has 1 aromatic carbocycles. The maximum atomic E-state index is 12.4. The summed E-state index contributed by atoms with van der Waals surface area (Å²) in [4.78, 5) is 16.7. The van der Waals surface area contributed by atoms with Crippen LogP contribution in [-0.4, -0.2) is 56.2 Å². The summed E-state index contributed by atoms with van der Waals surface area (Å²) in [6, 6.07) is 8.17. The van der Waals surface area contributed by atoms with Gasteiger partial charge < -0.3 is 9.47 Å². The molecule has 128 valence electrons. The second-order valence-electron chi connectivity index (χ2n) is 6.33. The van der Waals surface area contributed by atoms with Crippen LogP contribution in [0.4, 0.5) is 0 Å². The monoisotopic (exact) mass is 345 g/mol. The molecule has 0 unspecified atom stereocenters. The van der Waals surface area contributed by atoms with E-state index in [1.807, 2.05) is 33.3 Å². The Labute approximate surface area is 147 Å². The van der Waals surface area contributed by atoms with Gasteiger partial charge in [-0.3, -0.25) is 9.69 Å². The number of aryl methyl sites for hydroxylation is 2. The zero-order valence-electron chi connectivity index (χ0n) is 14.2. The molecule has 0 aliphatic carbocycles. The molecule has 2 heterocycles. The van der Waals surface area contributed by atoms with E-state index in [1.54, 1.807) is 6.33 Å². The summed E-state index contributed by atoms with van der Waals surface area (Å²) in [5, 5.41) is 4.28. The summed E-state index contributed by atoms with van der Waals surface area (Å²) in [5.74, 6) is 0.202. The topological polar surface area (TPSA) is 46.3 Å². The van der Waals surface area contributed by atoms with E-state index in [0.717, 1.165) is 31.7 Å². The van der Waals surface area contributed by atoms with Gasteiger partial charge in [0, 0.05) is 33.2 Å². The number of hydrogen-bond acceptors (Lipinski definition) is 4. The molecule has 0 atom stereocenters. The quantitative estimate of drug-likeness (QED) is 0.790. The maximum Gasteiger partial charge on any atom is 0.227 e. The van der Waals surface area contributed by atoms with Gasteiger partial charge in [0.2, 0.25) is 5.91 Å². The third kappa shape index (κ3) is 3.91. The molecule has 1 aliphatic rings. The Kier molecular flexibility index (Phi) is 5.11. The number of hydrogen-bond donors (Lipinski definition) is 0. The van der Waals surface area contributed by atoms with E-state index in [4.69, 9.17) is 12.2 Å². The average molecular weight is 345 g/mol. The molecular weight excluding hydrogens is 322 g/mol. The number of aromatic nitrogens is 3. The Morgan fingerprint density at radius 1 is 1.17 bits per heavy atom. The fraction of sp³-hybridized carbons (Fsp3) is 0.471. The zero-order chi connectivity index (χ0) is 17.1. The standard InChI is InChI=1S/C17H23N5OS/c1-14-3-5-15(6-4-14)11-16(23)21-9-7-20(8-10-21)13-22-17(24)19(2)12-18-22/h3-6,12H,7-11,13H2,1-2H3. The molecule has 24 heavy (non-hydrogen) atoms. The van der Waals surface area contributed by atoms with Crippen molar-refractivity contribution in [2.75, 3.05) is 26.2 Å². The summed E-state index contributed by atoms with van der Waals surface area (Å²) in [6.45, 7) is 5.93. The van der Waals surface area contributed by atoms with Crippen LogP contribution in [0.5, 0.6) is 0 Å². The Morgan fingerprint density at radius 2 is 1.83 bits per heavy atom. The van der Waals surface area contributed by atoms with Crippen molar-refractivity contribution < 1.29 is 4.79 Å². The predicted molar refractivity (Wildman–Crippen MR) is 95.1 cm³/mol. The fourth-order valence-corrected chi connectivity index (χ4v) is 2.99. The highest BCUT2D eigenvalue weighted by Crippen LogP contribution is 2.09. The first-order chi connectivity index (χ1) is 11.5. The largest absolute Gasteiger partial charge is 0.340 e. The average Bonchev–Trinajstić information content (AvgIpc) is 2.90. The normalized spacial score (nSPS) is 15.7. The lowest BCUT2D eigenvalue weighted by Gasteiger charge is -2.34. The number of carbonyl (C=O) groups is 1. The van der Waals surface area contributed by atoms with Gasteiger partial charge in [0.05, 0.1) is 13.1 Å². The van der Waals surface area contributed by atoms with Gasteiger partial charge in [-0.25, -0.2) is 4.68 Å². The van der Waals surface area contributed by atoms with Crippen molar-refractivity contribution >= 4 is 18.1 Å². The molecule has 0 spiro atoms. The van der Waals surface area contributed by atoms with Crippen molar-refractivity contribution in [3.63, 3.8) is 0 Å². The van der Waals surface area contributed by atoms with Gasteiger partial charge in [0.1, 0.15) is 6.33 Å². The highest BCUT2D eigenvalue weighted by molar-refractivity contribution is 7.71. The molecule has 0 radical (unpaired) electrons. The van der Waals surface area contributed by atoms with Gasteiger partial charge in [-0.1, -0.05) is 29.8 Å². The van der Waals surface area contributed by atoms with Crippen LogP contribution in [0.2, 0.25) is 0 Å². The van der Waals surface area contributed by atoms with Gasteiger partial charge in [-0.05, 0) is 24.7 Å². The van der Waals surface area contributed by atoms with E-state index in [-0.39, 0.29) is 5.91 Å². The number of nitrogens with zero attached hydrogens (tertiary/aromatic N) is 5. The fourth-order valence-electron chi connectivity index (χ4n) is 2.84. The molecule has 6 nitrogen and oxygen atoms in total. The van der Waals surface area contributed by atoms with Gasteiger partial charge in [-0.2, -0.15) is 5.10 Å². The van der Waals surface area contributed by atoms with Crippen molar-refractivity contribution in [2.24, 2.45) is 7.05 Å². The van der Waals surface area contributed by atoms with E-state index in [2.05, 4.69) is 29.1 Å². The van der Waals surface area contributed by atoms with Crippen molar-refractivity contribution in [1.82, 2.24) is 24.1 Å². The van der Waals surface area contributed by atoms with Crippen molar-refractivity contribution in [2.45, 2.75) is 20.0 Å². The number of carbonyl (C=O) groups excluding carboxylic acids is 1. The lowest BCUT2D eigenvalue weighted by atomic mass is 10.1. The third-order valence-electron chi connectivity index (χ3n) is 4.42. The minimum Gasteiger partial charge on any atom is -0.340 e. The summed E-state index contributed by atoms with van der Waals surface area (Å²) >= 11 is 5.31. The van der Waals surface area contributed by atoms with Gasteiger partial charge >= 0.3 is 0 Å². The van der Waals surface area contributed by atoms with Crippen LogP contribution in [-0.2, 0) is 24.9 Å². The highest BCUT2D eigenvalue weighted by Gasteiger charge is 2.21. The van der Waals surface area contributed by atoms with Crippen molar-refractivity contribution in [1.29, 1.82) is 0 Å². The summed E-state index contributed by atoms with van der Waals surface area (Å²) in [5.41, 5.74) is 2.29. The van der Waals surface area contributed by atoms with Crippen LogP contribution < -0.4 is 0 Å². The minimum absolute atomic E-state index is 0.202. The number of piperazine rings is 1. The molecule has 1 aliphatic heterocycles. The number of amides is 1. The molecule has 2 aromatic rings. The highest BCUT2D eigenvalue weighted by atomic mass is 32.1. The van der Waals surface area contributed by atoms with Crippen LogP contribution >= 0.6 is 12.2 Å². The SMILES string of the molecule is Cc1ccc(CC(=O)N2CCN(Cn3ncn(C)c3=S)CC2)cc1. The van der Waals surface area contributed by atoms with Gasteiger partial charge in [0.25, 0.3) is 0 Å². The third-order valence-corrected chi connectivity index (χ3v) is 4.92. The maximum absolute atomic E-state index is 12.4. The number of benzene rings is 1. The van der Waals surface area contributed by atoms with Crippen molar-refractivity contribution in [3.8, 4) is 0 Å². The molecule has 1 aromatic heterocycles. The van der Waals surface area contributed by atoms with Crippen LogP contribution in [0.25, 0.3) is 0 Å². The molecule has 3 rings (SSSR count). The van der Waals surface area contributed by atoms with E-state index >= 15 is 0 Å². The number of rotatable bonds is 4. The molecule has 0 N–H and O–H groups in total. The van der Waals surface area contributed by atoms with Crippen molar-refractivity contribution in [3.05, 3.63) is 46.5 Å². The molecule has 1 saturated heterocycles. The Morgan fingerprint density at radius 3 is 2.42 bits per heavy atom. The second-order valence-corrected chi connectivity index (χ2v) is 6.69. The minimum atomic E-state index is 0.202. The Hall–Kier alpha value is -1.99. The summed E-state index contributed by atoms with van der Waals surface area (Å²) in [6.07, 6.45) is 2.20. The zero-order valence-corrected chi connectivity index (χ0v) is 15.0. The lowest BCUT2D eigenvalue weighted by molar-refractivity contribution is -0.132. The van der Waals surface area contributed by atoms with E-state index < -0.39 is 0 Å². The molecule has 1 amide bonds. The Balaban J connectivity index is 1.51. The molecule has 7 heteroatoms. The molecule has 0 saturated carbocycles. The van der Waals surface area contributed by atoms with E-state index in [0.29, 0.717) is 17.9 Å². The predicted octanol–water partition coefficient (Wildman–Crippen LogP) is 1.60. The first-order valence-electron chi connectivity index (χ1n) is 8.17. The van der Waals surface area contributed by atoms with E-state index in [9.17, 15) is 4.79 Å². The summed E-state index contributed by atoms with van der Waals surface area (Å²) < 4.78 is 4.36. The first kappa shape index (κ1) is 16.9. The van der Waals surface area contributed by atoms with E-state index in [1.165, 1.54) is 5.56 Å². The molecular formula is C17H23N5OS. The molecule has 0 bridgehead atoms. The van der Waals surface area contributed by atoms with Gasteiger partial charge in [-0.15, -0.1) is 0 Å². The van der Waals surface area contributed by atoms with Crippen LogP contribution in [0, 0.1) is 11.7 Å².